The van der Waals surface area contributed by atoms with Gasteiger partial charge in [-0.25, -0.2) is 8.42 Å². The predicted molar refractivity (Wildman–Crippen MR) is 108 cm³/mol. The van der Waals surface area contributed by atoms with Crippen LogP contribution < -0.4 is 9.46 Å². The van der Waals surface area contributed by atoms with Gasteiger partial charge in [-0.3, -0.25) is 9.52 Å². The lowest BCUT2D eigenvalue weighted by molar-refractivity contribution is 0.0789. The standard InChI is InChI=1S/C18H18BrClN2O4S/c1-26-17-7-5-13(11-14(17)18(23)22-8-2-3-9-22)27(24,25)21-12-4-6-15(19)16(20)10-12/h4-7,10-11,21H,2-3,8-9H2,1H3. The highest BCUT2D eigenvalue weighted by molar-refractivity contribution is 9.10. The SMILES string of the molecule is COc1ccc(S(=O)(=O)Nc2ccc(Br)c(Cl)c2)cc1C(=O)N1CCCC1. The summed E-state index contributed by atoms with van der Waals surface area (Å²) in [5.41, 5.74) is 0.558. The molecule has 0 spiro atoms. The minimum Gasteiger partial charge on any atom is -0.496 e. The lowest BCUT2D eigenvalue weighted by Gasteiger charge is -2.18. The molecule has 0 radical (unpaired) electrons. The molecule has 1 fully saturated rings. The molecule has 1 aliphatic heterocycles. The first-order valence-corrected chi connectivity index (χ1v) is 10.9. The van der Waals surface area contributed by atoms with E-state index in [2.05, 4.69) is 20.7 Å². The van der Waals surface area contributed by atoms with E-state index in [4.69, 9.17) is 16.3 Å². The number of ether oxygens (including phenoxy) is 1. The second-order valence-electron chi connectivity index (χ2n) is 6.10. The molecule has 6 nitrogen and oxygen atoms in total. The van der Waals surface area contributed by atoms with Crippen molar-refractivity contribution < 1.29 is 17.9 Å². The van der Waals surface area contributed by atoms with Crippen molar-refractivity contribution in [3.63, 3.8) is 0 Å². The zero-order valence-electron chi connectivity index (χ0n) is 14.5. The van der Waals surface area contributed by atoms with Gasteiger partial charge >= 0.3 is 0 Å². The minimum atomic E-state index is -3.90. The number of amides is 1. The number of benzene rings is 2. The average Bonchev–Trinajstić information content (AvgIpc) is 3.18. The lowest BCUT2D eigenvalue weighted by Crippen LogP contribution is -2.28. The number of carbonyl (C=O) groups is 1. The van der Waals surface area contributed by atoms with Gasteiger partial charge < -0.3 is 9.64 Å². The van der Waals surface area contributed by atoms with Crippen LogP contribution in [0.2, 0.25) is 5.02 Å². The van der Waals surface area contributed by atoms with Crippen LogP contribution in [0.4, 0.5) is 5.69 Å². The average molecular weight is 474 g/mol. The third-order valence-electron chi connectivity index (χ3n) is 4.28. The number of halogens is 2. The summed E-state index contributed by atoms with van der Waals surface area (Å²) in [4.78, 5) is 14.4. The van der Waals surface area contributed by atoms with Gasteiger partial charge in [0.2, 0.25) is 0 Å². The molecule has 1 heterocycles. The number of nitrogens with zero attached hydrogens (tertiary/aromatic N) is 1. The van der Waals surface area contributed by atoms with Gasteiger partial charge in [0.05, 0.1) is 28.3 Å². The highest BCUT2D eigenvalue weighted by Gasteiger charge is 2.25. The van der Waals surface area contributed by atoms with E-state index in [-0.39, 0.29) is 16.4 Å². The van der Waals surface area contributed by atoms with Crippen LogP contribution in [-0.4, -0.2) is 39.4 Å². The van der Waals surface area contributed by atoms with Crippen LogP contribution in [0.1, 0.15) is 23.2 Å². The normalized spacial score (nSPS) is 14.3. The summed E-state index contributed by atoms with van der Waals surface area (Å²) < 4.78 is 33.9. The molecule has 27 heavy (non-hydrogen) atoms. The molecule has 3 rings (SSSR count). The Morgan fingerprint density at radius 1 is 1.19 bits per heavy atom. The Bertz CT molecular complexity index is 975. The highest BCUT2D eigenvalue weighted by atomic mass is 79.9. The van der Waals surface area contributed by atoms with Gasteiger partial charge in [-0.1, -0.05) is 11.6 Å². The molecule has 0 unspecified atom stereocenters. The number of carbonyl (C=O) groups excluding carboxylic acids is 1. The number of methoxy groups -OCH3 is 1. The molecule has 9 heteroatoms. The third-order valence-corrected chi connectivity index (χ3v) is 6.89. The largest absolute Gasteiger partial charge is 0.496 e. The molecule has 2 aromatic carbocycles. The molecule has 0 atom stereocenters. The fourth-order valence-electron chi connectivity index (χ4n) is 2.89. The third kappa shape index (κ3) is 4.39. The minimum absolute atomic E-state index is 0.0233. The second kappa shape index (κ2) is 8.08. The fraction of sp³-hybridized carbons (Fsp3) is 0.278. The number of sulfonamides is 1. The van der Waals surface area contributed by atoms with Gasteiger partial charge in [-0.15, -0.1) is 0 Å². The Morgan fingerprint density at radius 2 is 1.89 bits per heavy atom. The van der Waals surface area contributed by atoms with Crippen LogP contribution >= 0.6 is 27.5 Å². The highest BCUT2D eigenvalue weighted by Crippen LogP contribution is 2.29. The summed E-state index contributed by atoms with van der Waals surface area (Å²) in [5, 5.41) is 0.384. The van der Waals surface area contributed by atoms with Gasteiger partial charge in [0, 0.05) is 17.6 Å². The van der Waals surface area contributed by atoms with E-state index in [1.54, 1.807) is 17.0 Å². The summed E-state index contributed by atoms with van der Waals surface area (Å²) in [7, 11) is -2.45. The molecule has 2 aromatic rings. The maximum absolute atomic E-state index is 12.8. The van der Waals surface area contributed by atoms with Crippen molar-refractivity contribution in [1.82, 2.24) is 4.90 Å². The molecule has 1 amide bonds. The molecule has 1 saturated heterocycles. The summed E-state index contributed by atoms with van der Waals surface area (Å²) >= 11 is 9.28. The van der Waals surface area contributed by atoms with Gasteiger partial charge in [0.25, 0.3) is 15.9 Å². The van der Waals surface area contributed by atoms with Crippen molar-refractivity contribution in [3.05, 3.63) is 51.5 Å². The number of nitrogens with one attached hydrogen (secondary N) is 1. The summed E-state index contributed by atoms with van der Waals surface area (Å²) in [6.07, 6.45) is 1.88. The number of hydrogen-bond acceptors (Lipinski definition) is 4. The zero-order chi connectivity index (χ0) is 19.6. The molecule has 1 N–H and O–H groups in total. The van der Waals surface area contributed by atoms with Crippen LogP contribution in [0.5, 0.6) is 5.75 Å². The number of anilines is 1. The van der Waals surface area contributed by atoms with Gasteiger partial charge in [-0.2, -0.15) is 0 Å². The first kappa shape index (κ1) is 20.0. The lowest BCUT2D eigenvalue weighted by atomic mass is 10.1. The Morgan fingerprint density at radius 3 is 2.52 bits per heavy atom. The van der Waals surface area contributed by atoms with Crippen molar-refractivity contribution in [2.24, 2.45) is 0 Å². The molecular weight excluding hydrogens is 456 g/mol. The number of rotatable bonds is 5. The van der Waals surface area contributed by atoms with Crippen LogP contribution in [0.15, 0.2) is 45.8 Å². The Labute approximate surface area is 171 Å². The smallest absolute Gasteiger partial charge is 0.261 e. The molecular formula is C18H18BrClN2O4S. The number of hydrogen-bond donors (Lipinski definition) is 1. The maximum Gasteiger partial charge on any atom is 0.261 e. The van der Waals surface area contributed by atoms with Crippen molar-refractivity contribution in [1.29, 1.82) is 0 Å². The van der Waals surface area contributed by atoms with Crippen molar-refractivity contribution >= 4 is 49.1 Å². The van der Waals surface area contributed by atoms with Gasteiger partial charge in [-0.05, 0) is 65.2 Å². The molecule has 0 bridgehead atoms. The second-order valence-corrected chi connectivity index (χ2v) is 9.04. The van der Waals surface area contributed by atoms with Crippen molar-refractivity contribution in [2.45, 2.75) is 17.7 Å². The topological polar surface area (TPSA) is 75.7 Å². The van der Waals surface area contributed by atoms with E-state index in [9.17, 15) is 13.2 Å². The monoisotopic (exact) mass is 472 g/mol. The van der Waals surface area contributed by atoms with Crippen LogP contribution in [0.25, 0.3) is 0 Å². The first-order chi connectivity index (χ1) is 12.8. The van der Waals surface area contributed by atoms with E-state index in [1.165, 1.54) is 31.4 Å². The predicted octanol–water partition coefficient (Wildman–Crippen LogP) is 4.15. The quantitative estimate of drug-likeness (QED) is 0.708. The van der Waals surface area contributed by atoms with Crippen molar-refractivity contribution in [2.75, 3.05) is 24.9 Å². The Hall–Kier alpha value is -1.77. The van der Waals surface area contributed by atoms with Gasteiger partial charge in [0.1, 0.15) is 5.75 Å². The van der Waals surface area contributed by atoms with E-state index < -0.39 is 10.0 Å². The Kier molecular flexibility index (Phi) is 5.98. The molecule has 1 aliphatic rings. The van der Waals surface area contributed by atoms with Crippen LogP contribution in [0, 0.1) is 0 Å². The maximum atomic E-state index is 12.8. The number of likely N-dealkylation sites (tertiary alicyclic amines) is 1. The van der Waals surface area contributed by atoms with E-state index in [1.807, 2.05) is 0 Å². The zero-order valence-corrected chi connectivity index (χ0v) is 17.7. The van der Waals surface area contributed by atoms with Gasteiger partial charge in [0.15, 0.2) is 0 Å². The van der Waals surface area contributed by atoms with Crippen LogP contribution in [-0.2, 0) is 10.0 Å². The van der Waals surface area contributed by atoms with E-state index >= 15 is 0 Å². The van der Waals surface area contributed by atoms with E-state index in [0.29, 0.717) is 34.0 Å². The van der Waals surface area contributed by atoms with E-state index in [0.717, 1.165) is 12.8 Å². The molecule has 144 valence electrons. The summed E-state index contributed by atoms with van der Waals surface area (Å²) in [6, 6.07) is 8.99. The van der Waals surface area contributed by atoms with Crippen LogP contribution in [0.3, 0.4) is 0 Å². The molecule has 0 aliphatic carbocycles. The first-order valence-electron chi connectivity index (χ1n) is 8.27. The van der Waals surface area contributed by atoms with Crippen molar-refractivity contribution in [3.8, 4) is 5.75 Å². The fourth-order valence-corrected chi connectivity index (χ4v) is 4.39. The molecule has 0 aromatic heterocycles. The summed E-state index contributed by atoms with van der Waals surface area (Å²) in [5.74, 6) is 0.116. The molecule has 0 saturated carbocycles. The Balaban J connectivity index is 1.94. The summed E-state index contributed by atoms with van der Waals surface area (Å²) in [6.45, 7) is 1.32.